The predicted octanol–water partition coefficient (Wildman–Crippen LogP) is 3.93. The van der Waals surface area contributed by atoms with Gasteiger partial charge in [-0.15, -0.1) is 0 Å². The molecule has 0 aromatic heterocycles. The van der Waals surface area contributed by atoms with E-state index in [2.05, 4.69) is 32.9 Å². The lowest BCUT2D eigenvalue weighted by atomic mass is 9.85. The van der Waals surface area contributed by atoms with Gasteiger partial charge in [0.05, 0.1) is 18.8 Å². The van der Waals surface area contributed by atoms with Crippen LogP contribution >= 0.6 is 0 Å². The number of carboxylic acids is 1. The molecule has 0 amide bonds. The minimum absolute atomic E-state index is 0.0756. The minimum atomic E-state index is -0.965. The first-order chi connectivity index (χ1) is 11.3. The molecule has 0 saturated carbocycles. The van der Waals surface area contributed by atoms with Crippen molar-refractivity contribution in [2.45, 2.75) is 32.0 Å². The summed E-state index contributed by atoms with van der Waals surface area (Å²) >= 11 is 0. The van der Waals surface area contributed by atoms with Gasteiger partial charge in [-0.3, -0.25) is 0 Å². The van der Waals surface area contributed by atoms with Gasteiger partial charge in [0.25, 0.3) is 0 Å². The summed E-state index contributed by atoms with van der Waals surface area (Å²) in [5, 5.41) is 9.07. The van der Waals surface area contributed by atoms with Crippen molar-refractivity contribution in [3.63, 3.8) is 0 Å². The number of rotatable bonds is 3. The van der Waals surface area contributed by atoms with Crippen molar-refractivity contribution in [1.29, 1.82) is 0 Å². The van der Waals surface area contributed by atoms with E-state index in [1.54, 1.807) is 24.3 Å². The van der Waals surface area contributed by atoms with Crippen molar-refractivity contribution in [1.82, 2.24) is 0 Å². The second-order valence-corrected chi connectivity index (χ2v) is 7.02. The van der Waals surface area contributed by atoms with Crippen LogP contribution in [0.3, 0.4) is 0 Å². The van der Waals surface area contributed by atoms with Crippen LogP contribution in [0, 0.1) is 0 Å². The third-order valence-electron chi connectivity index (χ3n) is 4.34. The summed E-state index contributed by atoms with van der Waals surface area (Å²) in [5.74, 6) is -1.91. The second-order valence-electron chi connectivity index (χ2n) is 7.02. The van der Waals surface area contributed by atoms with Crippen LogP contribution in [0.5, 0.6) is 0 Å². The van der Waals surface area contributed by atoms with E-state index < -0.39 is 11.8 Å². The van der Waals surface area contributed by atoms with Crippen LogP contribution in [0.4, 0.5) is 0 Å². The molecule has 4 nitrogen and oxygen atoms in total. The summed E-state index contributed by atoms with van der Waals surface area (Å²) < 4.78 is 11.9. The van der Waals surface area contributed by atoms with E-state index in [4.69, 9.17) is 14.6 Å². The van der Waals surface area contributed by atoms with E-state index >= 15 is 0 Å². The van der Waals surface area contributed by atoms with Crippen LogP contribution < -0.4 is 0 Å². The summed E-state index contributed by atoms with van der Waals surface area (Å²) in [7, 11) is 0. The second kappa shape index (κ2) is 6.04. The molecule has 0 radical (unpaired) electrons. The number of carbonyl (C=O) groups is 1. The maximum Gasteiger partial charge on any atom is 0.335 e. The zero-order valence-corrected chi connectivity index (χ0v) is 14.2. The Morgan fingerprint density at radius 1 is 0.917 bits per heavy atom. The molecule has 0 aliphatic carbocycles. The molecule has 1 aliphatic heterocycles. The SMILES string of the molecule is CC(C)(C)c1ccc(C2(c3ccc(C(=O)O)cc3)OCCO2)cc1. The van der Waals surface area contributed by atoms with Gasteiger partial charge in [-0.05, 0) is 23.1 Å². The third-order valence-corrected chi connectivity index (χ3v) is 4.34. The zero-order valence-electron chi connectivity index (χ0n) is 14.2. The number of ether oxygens (including phenoxy) is 2. The Labute approximate surface area is 142 Å². The van der Waals surface area contributed by atoms with E-state index in [1.807, 2.05) is 12.1 Å². The molecule has 1 N–H and O–H groups in total. The Balaban J connectivity index is 2.01. The average molecular weight is 326 g/mol. The highest BCUT2D eigenvalue weighted by molar-refractivity contribution is 5.87. The molecular weight excluding hydrogens is 304 g/mol. The molecule has 24 heavy (non-hydrogen) atoms. The van der Waals surface area contributed by atoms with Crippen LogP contribution in [0.15, 0.2) is 48.5 Å². The van der Waals surface area contributed by atoms with Gasteiger partial charge < -0.3 is 14.6 Å². The van der Waals surface area contributed by atoms with Gasteiger partial charge in [-0.2, -0.15) is 0 Å². The van der Waals surface area contributed by atoms with E-state index in [1.165, 1.54) is 5.56 Å². The average Bonchev–Trinajstić information content (AvgIpc) is 3.05. The third kappa shape index (κ3) is 2.95. The van der Waals surface area contributed by atoms with Crippen molar-refractivity contribution in [3.05, 3.63) is 70.8 Å². The van der Waals surface area contributed by atoms with Gasteiger partial charge >= 0.3 is 5.97 Å². The maximum atomic E-state index is 11.1. The van der Waals surface area contributed by atoms with Gasteiger partial charge in [0.1, 0.15) is 0 Å². The zero-order chi connectivity index (χ0) is 17.4. The minimum Gasteiger partial charge on any atom is -0.478 e. The molecule has 0 atom stereocenters. The molecule has 1 saturated heterocycles. The van der Waals surface area contributed by atoms with E-state index in [9.17, 15) is 4.79 Å². The van der Waals surface area contributed by atoms with Crippen LogP contribution in [-0.4, -0.2) is 24.3 Å². The first kappa shape index (κ1) is 16.7. The molecule has 0 unspecified atom stereocenters. The van der Waals surface area contributed by atoms with Gasteiger partial charge in [-0.1, -0.05) is 57.2 Å². The van der Waals surface area contributed by atoms with Crippen molar-refractivity contribution < 1.29 is 19.4 Å². The lowest BCUT2D eigenvalue weighted by Crippen LogP contribution is -2.29. The Hall–Kier alpha value is -2.17. The molecule has 2 aromatic rings. The lowest BCUT2D eigenvalue weighted by Gasteiger charge is -2.29. The summed E-state index contributed by atoms with van der Waals surface area (Å²) in [5.41, 5.74) is 3.27. The molecule has 1 fully saturated rings. The number of hydrogen-bond acceptors (Lipinski definition) is 3. The quantitative estimate of drug-likeness (QED) is 0.928. The van der Waals surface area contributed by atoms with Crippen LogP contribution in [-0.2, 0) is 20.7 Å². The summed E-state index contributed by atoms with van der Waals surface area (Å²) in [6.45, 7) is 7.52. The monoisotopic (exact) mass is 326 g/mol. The number of hydrogen-bond donors (Lipinski definition) is 1. The van der Waals surface area contributed by atoms with Gasteiger partial charge in [-0.25, -0.2) is 4.79 Å². The first-order valence-corrected chi connectivity index (χ1v) is 8.06. The number of benzene rings is 2. The van der Waals surface area contributed by atoms with E-state index in [0.717, 1.165) is 11.1 Å². The van der Waals surface area contributed by atoms with E-state index in [0.29, 0.717) is 13.2 Å². The molecule has 3 rings (SSSR count). The fraction of sp³-hybridized carbons (Fsp3) is 0.350. The highest BCUT2D eigenvalue weighted by atomic mass is 16.7. The fourth-order valence-corrected chi connectivity index (χ4v) is 2.93. The fourth-order valence-electron chi connectivity index (χ4n) is 2.93. The van der Waals surface area contributed by atoms with Crippen LogP contribution in [0.25, 0.3) is 0 Å². The van der Waals surface area contributed by atoms with Crippen LogP contribution in [0.2, 0.25) is 0 Å². The lowest BCUT2D eigenvalue weighted by molar-refractivity contribution is -0.129. The molecular formula is C20H22O4. The topological polar surface area (TPSA) is 55.8 Å². The smallest absolute Gasteiger partial charge is 0.335 e. The Kier molecular flexibility index (Phi) is 4.20. The van der Waals surface area contributed by atoms with Crippen molar-refractivity contribution in [2.75, 3.05) is 13.2 Å². The highest BCUT2D eigenvalue weighted by Crippen LogP contribution is 2.39. The Bertz CT molecular complexity index is 718. The Morgan fingerprint density at radius 2 is 1.38 bits per heavy atom. The summed E-state index contributed by atoms with van der Waals surface area (Å²) in [6.07, 6.45) is 0. The van der Waals surface area contributed by atoms with E-state index in [-0.39, 0.29) is 11.0 Å². The molecule has 2 aromatic carbocycles. The normalized spacial score (nSPS) is 17.0. The summed E-state index contributed by atoms with van der Waals surface area (Å²) in [6, 6.07) is 14.9. The summed E-state index contributed by atoms with van der Waals surface area (Å²) in [4.78, 5) is 11.1. The van der Waals surface area contributed by atoms with Crippen molar-refractivity contribution >= 4 is 5.97 Å². The number of carboxylic acid groups (broad SMARTS) is 1. The largest absolute Gasteiger partial charge is 0.478 e. The molecule has 4 heteroatoms. The number of aromatic carboxylic acids is 1. The van der Waals surface area contributed by atoms with Crippen molar-refractivity contribution in [2.24, 2.45) is 0 Å². The molecule has 0 bridgehead atoms. The molecule has 126 valence electrons. The molecule has 1 heterocycles. The van der Waals surface area contributed by atoms with Gasteiger partial charge in [0.2, 0.25) is 5.79 Å². The van der Waals surface area contributed by atoms with Gasteiger partial charge in [0, 0.05) is 11.1 Å². The highest BCUT2D eigenvalue weighted by Gasteiger charge is 2.40. The predicted molar refractivity (Wildman–Crippen MR) is 91.2 cm³/mol. The standard InChI is InChI=1S/C20H22O4/c1-19(2,3)15-8-10-17(11-9-15)20(23-12-13-24-20)16-6-4-14(5-7-16)18(21)22/h4-11H,12-13H2,1-3H3,(H,21,22). The van der Waals surface area contributed by atoms with Gasteiger partial charge in [0.15, 0.2) is 0 Å². The first-order valence-electron chi connectivity index (χ1n) is 8.06. The van der Waals surface area contributed by atoms with Crippen LogP contribution in [0.1, 0.15) is 47.8 Å². The Morgan fingerprint density at radius 3 is 1.79 bits per heavy atom. The molecule has 0 spiro atoms. The molecule has 1 aliphatic rings. The maximum absolute atomic E-state index is 11.1. The van der Waals surface area contributed by atoms with Crippen molar-refractivity contribution in [3.8, 4) is 0 Å².